The number of anilines is 2. The summed E-state index contributed by atoms with van der Waals surface area (Å²) in [6.45, 7) is 8.96. The monoisotopic (exact) mass is 683 g/mol. The highest BCUT2D eigenvalue weighted by molar-refractivity contribution is 7.18. The van der Waals surface area contributed by atoms with Crippen molar-refractivity contribution < 1.29 is 26.7 Å². The van der Waals surface area contributed by atoms with Gasteiger partial charge in [0.15, 0.2) is 0 Å². The molecular formula is C34H34F5N7OS. The highest BCUT2D eigenvalue weighted by Crippen LogP contribution is 2.35. The number of alkyl halides is 5. The molecule has 48 heavy (non-hydrogen) atoms. The molecule has 1 amide bonds. The third kappa shape index (κ3) is 7.34. The fourth-order valence-corrected chi connectivity index (χ4v) is 7.19. The number of nitrogens with zero attached hydrogens (tertiary/aromatic N) is 5. The molecule has 0 unspecified atom stereocenters. The van der Waals surface area contributed by atoms with Gasteiger partial charge in [-0.2, -0.15) is 22.0 Å². The van der Waals surface area contributed by atoms with Gasteiger partial charge < -0.3 is 15.2 Å². The van der Waals surface area contributed by atoms with E-state index < -0.39 is 31.0 Å². The first-order valence-electron chi connectivity index (χ1n) is 15.4. The Hall–Kier alpha value is -4.43. The van der Waals surface area contributed by atoms with Crippen LogP contribution in [-0.2, 0) is 30.2 Å². The van der Waals surface area contributed by atoms with E-state index in [2.05, 4.69) is 37.1 Å². The van der Waals surface area contributed by atoms with E-state index in [1.54, 1.807) is 4.57 Å². The molecule has 0 saturated carbocycles. The van der Waals surface area contributed by atoms with Crippen LogP contribution in [0.15, 0.2) is 61.6 Å². The van der Waals surface area contributed by atoms with Crippen molar-refractivity contribution in [1.82, 2.24) is 24.4 Å². The van der Waals surface area contributed by atoms with Gasteiger partial charge in [0.25, 0.3) is 5.92 Å². The topological polar surface area (TPSA) is 88.0 Å². The number of carbonyl (C=O) groups is 1. The molecule has 4 aromatic heterocycles. The van der Waals surface area contributed by atoms with E-state index >= 15 is 8.78 Å². The van der Waals surface area contributed by atoms with Gasteiger partial charge in [-0.15, -0.1) is 11.3 Å². The summed E-state index contributed by atoms with van der Waals surface area (Å²) in [5.41, 5.74) is 3.35. The normalized spacial score (nSPS) is 14.9. The first kappa shape index (κ1) is 33.5. The Morgan fingerprint density at radius 1 is 1.04 bits per heavy atom. The van der Waals surface area contributed by atoms with Gasteiger partial charge in [0, 0.05) is 58.9 Å². The van der Waals surface area contributed by atoms with E-state index in [1.165, 1.54) is 24.5 Å². The lowest BCUT2D eigenvalue weighted by Gasteiger charge is -2.33. The molecule has 0 radical (unpaired) electrons. The molecule has 0 bridgehead atoms. The molecule has 0 spiro atoms. The van der Waals surface area contributed by atoms with Crippen molar-refractivity contribution in [2.75, 3.05) is 23.7 Å². The number of aryl methyl sites for hydroxylation is 2. The summed E-state index contributed by atoms with van der Waals surface area (Å²) in [6, 6.07) is 10.1. The number of aromatic nitrogens is 4. The lowest BCUT2D eigenvalue weighted by molar-refractivity contribution is -0.126. The second kappa shape index (κ2) is 13.2. The largest absolute Gasteiger partial charge is 0.393 e. The molecule has 8 nitrogen and oxygen atoms in total. The summed E-state index contributed by atoms with van der Waals surface area (Å²) >= 11 is 1.04. The van der Waals surface area contributed by atoms with E-state index in [9.17, 15) is 18.0 Å². The maximum Gasteiger partial charge on any atom is 0.393 e. The molecule has 1 saturated heterocycles. The summed E-state index contributed by atoms with van der Waals surface area (Å²) in [6.07, 6.45) is -0.0832. The molecule has 5 aromatic rings. The molecule has 1 aliphatic rings. The molecule has 5 heterocycles. The summed E-state index contributed by atoms with van der Waals surface area (Å²) in [4.78, 5) is 27.0. The van der Waals surface area contributed by atoms with Crippen LogP contribution in [0.3, 0.4) is 0 Å². The number of fused-ring (bicyclic) bond motifs is 2. The van der Waals surface area contributed by atoms with Gasteiger partial charge in [-0.25, -0.2) is 15.0 Å². The van der Waals surface area contributed by atoms with Crippen molar-refractivity contribution in [3.63, 3.8) is 0 Å². The molecule has 252 valence electrons. The summed E-state index contributed by atoms with van der Waals surface area (Å²) in [5, 5.41) is 7.42. The standard InChI is InChI=1S/C34H34F5N7OS/c1-4-30(47)44-29-8-6-23(16-40-29)33(35,36)18-46-20(2)13-26-21(3)22(5-7-28(26)46)17-45-11-9-24(10-12-45)43-31-27-14-25(15-34(37,38)39)48-32(27)42-19-41-31/h4-8,13-14,16,19,24H,1,9-12,15,17-18H2,2-3H3,(H,40,44,47)(H,41,42,43). The number of nitrogens with one attached hydrogen (secondary N) is 2. The third-order valence-electron chi connectivity index (χ3n) is 8.73. The Balaban J connectivity index is 1.10. The number of hydrogen-bond acceptors (Lipinski definition) is 7. The van der Waals surface area contributed by atoms with Crippen molar-refractivity contribution in [2.24, 2.45) is 0 Å². The van der Waals surface area contributed by atoms with Gasteiger partial charge in [0.05, 0.1) is 18.4 Å². The second-order valence-corrected chi connectivity index (χ2v) is 13.2. The van der Waals surface area contributed by atoms with Gasteiger partial charge in [-0.05, 0) is 74.2 Å². The van der Waals surface area contributed by atoms with E-state index in [1.807, 2.05) is 32.0 Å². The molecule has 1 fully saturated rings. The van der Waals surface area contributed by atoms with Crippen LogP contribution in [0.5, 0.6) is 0 Å². The average molecular weight is 684 g/mol. The van der Waals surface area contributed by atoms with Crippen molar-refractivity contribution in [3.8, 4) is 0 Å². The minimum Gasteiger partial charge on any atom is -0.367 e. The fourth-order valence-electron chi connectivity index (χ4n) is 6.16. The first-order valence-corrected chi connectivity index (χ1v) is 16.3. The molecule has 14 heteroatoms. The van der Waals surface area contributed by atoms with Gasteiger partial charge in [0.1, 0.15) is 22.8 Å². The molecule has 2 N–H and O–H groups in total. The number of benzene rings is 1. The van der Waals surface area contributed by atoms with Crippen molar-refractivity contribution in [1.29, 1.82) is 0 Å². The zero-order valence-corrected chi connectivity index (χ0v) is 27.2. The molecule has 1 aromatic carbocycles. The Kier molecular flexibility index (Phi) is 9.22. The Labute approximate surface area is 277 Å². The maximum atomic E-state index is 15.5. The third-order valence-corrected chi connectivity index (χ3v) is 9.77. The van der Waals surface area contributed by atoms with E-state index in [4.69, 9.17) is 0 Å². The lowest BCUT2D eigenvalue weighted by Crippen LogP contribution is -2.39. The van der Waals surface area contributed by atoms with Crippen LogP contribution >= 0.6 is 11.3 Å². The van der Waals surface area contributed by atoms with Gasteiger partial charge in [-0.1, -0.05) is 12.6 Å². The quantitative estimate of drug-likeness (QED) is 0.116. The molecule has 0 atom stereocenters. The Morgan fingerprint density at radius 3 is 2.50 bits per heavy atom. The Bertz CT molecular complexity index is 1960. The number of likely N-dealkylation sites (tertiary alicyclic amines) is 1. The highest BCUT2D eigenvalue weighted by Gasteiger charge is 2.34. The van der Waals surface area contributed by atoms with Crippen LogP contribution in [0, 0.1) is 13.8 Å². The van der Waals surface area contributed by atoms with Crippen LogP contribution in [0.1, 0.15) is 40.1 Å². The van der Waals surface area contributed by atoms with E-state index in [0.717, 1.165) is 77.3 Å². The SMILES string of the molecule is C=CC(=O)Nc1ccc(C(F)(F)Cn2c(C)cc3c(C)c(CN4CCC(Nc5ncnc6sc(CC(F)(F)F)cc56)CC4)ccc32)cn1. The van der Waals surface area contributed by atoms with Crippen LogP contribution in [0.25, 0.3) is 21.1 Å². The molecule has 1 aliphatic heterocycles. The van der Waals surface area contributed by atoms with Crippen molar-refractivity contribution in [2.45, 2.75) is 64.3 Å². The first-order chi connectivity index (χ1) is 22.8. The minimum absolute atomic E-state index is 0.115. The van der Waals surface area contributed by atoms with Gasteiger partial charge >= 0.3 is 6.18 Å². The Morgan fingerprint density at radius 2 is 1.81 bits per heavy atom. The number of carbonyl (C=O) groups excluding carboxylic acids is 1. The summed E-state index contributed by atoms with van der Waals surface area (Å²) in [7, 11) is 0. The maximum absolute atomic E-state index is 15.5. The average Bonchev–Trinajstić information content (AvgIpc) is 3.59. The highest BCUT2D eigenvalue weighted by atomic mass is 32.1. The minimum atomic E-state index is -4.28. The summed E-state index contributed by atoms with van der Waals surface area (Å²) in [5.74, 6) is -2.96. The molecular weight excluding hydrogens is 649 g/mol. The smallest absolute Gasteiger partial charge is 0.367 e. The van der Waals surface area contributed by atoms with Crippen LogP contribution in [0.2, 0.25) is 0 Å². The van der Waals surface area contributed by atoms with Crippen molar-refractivity contribution in [3.05, 3.63) is 88.8 Å². The molecule has 0 aliphatic carbocycles. The number of pyridine rings is 1. The number of halogens is 5. The number of hydrogen-bond donors (Lipinski definition) is 2. The van der Waals surface area contributed by atoms with Crippen LogP contribution in [0.4, 0.5) is 33.6 Å². The summed E-state index contributed by atoms with van der Waals surface area (Å²) < 4.78 is 71.3. The van der Waals surface area contributed by atoms with E-state index in [-0.39, 0.29) is 22.3 Å². The van der Waals surface area contributed by atoms with Gasteiger partial charge in [-0.3, -0.25) is 9.69 Å². The number of thiophene rings is 1. The number of rotatable bonds is 10. The predicted octanol–water partition coefficient (Wildman–Crippen LogP) is 7.76. The zero-order chi connectivity index (χ0) is 34.2. The van der Waals surface area contributed by atoms with Crippen LogP contribution in [-0.4, -0.2) is 55.6 Å². The van der Waals surface area contributed by atoms with Crippen LogP contribution < -0.4 is 10.6 Å². The van der Waals surface area contributed by atoms with Crippen molar-refractivity contribution >= 4 is 50.0 Å². The van der Waals surface area contributed by atoms with Gasteiger partial charge in [0.2, 0.25) is 5.91 Å². The zero-order valence-electron chi connectivity index (χ0n) is 26.4. The molecule has 6 rings (SSSR count). The number of amides is 1. The fraction of sp³-hybridized carbons (Fsp3) is 0.353. The lowest BCUT2D eigenvalue weighted by atomic mass is 10.0. The van der Waals surface area contributed by atoms with E-state index in [0.29, 0.717) is 22.6 Å². The predicted molar refractivity (Wildman–Crippen MR) is 177 cm³/mol. The second-order valence-electron chi connectivity index (χ2n) is 12.1. The number of piperidine rings is 1.